The number of methoxy groups -OCH3 is 1. The quantitative estimate of drug-likeness (QED) is 0.685. The molecular weight excluding hydrogens is 363 g/mol. The van der Waals surface area contributed by atoms with Crippen LogP contribution in [0.2, 0.25) is 0 Å². The Balaban J connectivity index is 2.33. The van der Waals surface area contributed by atoms with Crippen molar-refractivity contribution in [3.63, 3.8) is 0 Å². The van der Waals surface area contributed by atoms with E-state index in [2.05, 4.69) is 0 Å². The molecule has 27 heavy (non-hydrogen) atoms. The van der Waals surface area contributed by atoms with Gasteiger partial charge in [-0.15, -0.1) is 0 Å². The second-order valence-electron chi connectivity index (χ2n) is 6.63. The van der Waals surface area contributed by atoms with Crippen molar-refractivity contribution in [2.75, 3.05) is 7.11 Å². The van der Waals surface area contributed by atoms with Crippen molar-refractivity contribution in [1.29, 1.82) is 0 Å². The van der Waals surface area contributed by atoms with Crippen LogP contribution in [-0.2, 0) is 4.79 Å². The molecule has 0 fully saturated rings. The number of rotatable bonds is 4. The molecule has 1 heterocycles. The summed E-state index contributed by atoms with van der Waals surface area (Å²) < 4.78 is 21.4. The van der Waals surface area contributed by atoms with Gasteiger partial charge in [-0.2, -0.15) is 0 Å². The van der Waals surface area contributed by atoms with Gasteiger partial charge >= 0.3 is 0 Å². The molecule has 3 rings (SSSR count). The summed E-state index contributed by atoms with van der Waals surface area (Å²) in [5.74, 6) is -1.39. The molecule has 0 aliphatic rings. The Hall–Kier alpha value is -2.73. The van der Waals surface area contributed by atoms with Crippen molar-refractivity contribution in [3.8, 4) is 5.75 Å². The van der Waals surface area contributed by atoms with E-state index < -0.39 is 17.6 Å². The van der Waals surface area contributed by atoms with Crippen LogP contribution in [0.4, 0.5) is 4.39 Å². The molecule has 3 aromatic rings. The van der Waals surface area contributed by atoms with Gasteiger partial charge in [-0.25, -0.2) is 4.39 Å². The van der Waals surface area contributed by atoms with Crippen LogP contribution in [0.5, 0.6) is 5.75 Å². The number of primary amides is 1. The van der Waals surface area contributed by atoms with Gasteiger partial charge < -0.3 is 15.0 Å². The van der Waals surface area contributed by atoms with Gasteiger partial charge in [0.05, 0.1) is 18.5 Å². The fraction of sp³-hybridized carbons (Fsp3) is 0.238. The van der Waals surface area contributed by atoms with E-state index in [1.54, 1.807) is 17.6 Å². The lowest BCUT2D eigenvalue weighted by Crippen LogP contribution is -2.20. The lowest BCUT2D eigenvalue weighted by Gasteiger charge is -2.12. The number of nitrogens with zero attached hydrogens (tertiary/aromatic N) is 1. The standard InChI is InChI=1S/C21H21FN2O2S/c1-11-5-7-14(8-6-11)21(27)24-13(3)19(12(2)20(23)25)15-9-18(26-4)16(22)10-17(15)24/h5-10,12H,1-4H3,(H2,23,25). The van der Waals surface area contributed by atoms with E-state index in [0.717, 1.165) is 22.4 Å². The molecule has 0 saturated heterocycles. The van der Waals surface area contributed by atoms with Crippen molar-refractivity contribution in [2.45, 2.75) is 26.7 Å². The predicted octanol–water partition coefficient (Wildman–Crippen LogP) is 4.22. The van der Waals surface area contributed by atoms with Crippen LogP contribution in [0.15, 0.2) is 36.4 Å². The highest BCUT2D eigenvalue weighted by Crippen LogP contribution is 2.36. The first-order valence-corrected chi connectivity index (χ1v) is 8.96. The number of fused-ring (bicyclic) bond motifs is 1. The van der Waals surface area contributed by atoms with Gasteiger partial charge in [0, 0.05) is 22.7 Å². The first-order valence-electron chi connectivity index (χ1n) is 8.55. The van der Waals surface area contributed by atoms with Crippen molar-refractivity contribution in [2.24, 2.45) is 5.73 Å². The number of amides is 1. The molecule has 6 heteroatoms. The van der Waals surface area contributed by atoms with Crippen molar-refractivity contribution >= 4 is 34.0 Å². The average molecular weight is 384 g/mol. The number of hydrogen-bond acceptors (Lipinski definition) is 3. The molecule has 1 amide bonds. The summed E-state index contributed by atoms with van der Waals surface area (Å²) in [5.41, 5.74) is 9.58. The first kappa shape index (κ1) is 19.0. The zero-order chi connectivity index (χ0) is 19.9. The van der Waals surface area contributed by atoms with Crippen LogP contribution >= 0.6 is 12.2 Å². The lowest BCUT2D eigenvalue weighted by molar-refractivity contribution is -0.119. The summed E-state index contributed by atoms with van der Waals surface area (Å²) in [6, 6.07) is 10.8. The predicted molar refractivity (Wildman–Crippen MR) is 109 cm³/mol. The van der Waals surface area contributed by atoms with Crippen LogP contribution in [0.25, 0.3) is 10.9 Å². The van der Waals surface area contributed by atoms with Gasteiger partial charge in [0.15, 0.2) is 11.6 Å². The number of hydrogen-bond donors (Lipinski definition) is 1. The molecular formula is C21H21FN2O2S. The molecule has 1 aromatic heterocycles. The second-order valence-corrected chi connectivity index (χ2v) is 7.02. The van der Waals surface area contributed by atoms with Gasteiger partial charge in [0.1, 0.15) is 4.99 Å². The molecule has 4 nitrogen and oxygen atoms in total. The summed E-state index contributed by atoms with van der Waals surface area (Å²) in [4.78, 5) is 12.4. The zero-order valence-corrected chi connectivity index (χ0v) is 16.5. The highest BCUT2D eigenvalue weighted by Gasteiger charge is 2.25. The molecule has 2 N–H and O–H groups in total. The number of carbonyl (C=O) groups excluding carboxylic acids is 1. The number of benzene rings is 2. The number of nitrogens with two attached hydrogens (primary N) is 1. The Kier molecular flexibility index (Phi) is 5.02. The van der Waals surface area contributed by atoms with E-state index in [0.29, 0.717) is 15.9 Å². The van der Waals surface area contributed by atoms with Crippen LogP contribution in [0, 0.1) is 19.7 Å². The summed E-state index contributed by atoms with van der Waals surface area (Å²) in [6.45, 7) is 5.59. The number of aromatic nitrogens is 1. The van der Waals surface area contributed by atoms with Gasteiger partial charge in [-0.05, 0) is 32.4 Å². The molecule has 0 radical (unpaired) electrons. The summed E-state index contributed by atoms with van der Waals surface area (Å²) in [7, 11) is 1.40. The van der Waals surface area contributed by atoms with Crippen LogP contribution < -0.4 is 10.5 Å². The Labute approximate surface area is 162 Å². The second kappa shape index (κ2) is 7.12. The molecule has 0 aliphatic carbocycles. The Morgan fingerprint density at radius 1 is 1.22 bits per heavy atom. The third-order valence-electron chi connectivity index (χ3n) is 4.89. The summed E-state index contributed by atoms with van der Waals surface area (Å²) >= 11 is 5.71. The van der Waals surface area contributed by atoms with Gasteiger partial charge in [-0.1, -0.05) is 42.0 Å². The number of carbonyl (C=O) groups is 1. The van der Waals surface area contributed by atoms with E-state index in [1.165, 1.54) is 13.2 Å². The number of thiocarbonyl (C=S) groups is 1. The number of ether oxygens (including phenoxy) is 1. The third kappa shape index (κ3) is 3.21. The molecule has 0 aliphatic heterocycles. The molecule has 2 aromatic carbocycles. The zero-order valence-electron chi connectivity index (χ0n) is 15.7. The van der Waals surface area contributed by atoms with Crippen molar-refractivity contribution in [1.82, 2.24) is 4.57 Å². The number of halogens is 1. The monoisotopic (exact) mass is 384 g/mol. The molecule has 1 atom stereocenters. The minimum absolute atomic E-state index is 0.110. The Morgan fingerprint density at radius 3 is 2.41 bits per heavy atom. The van der Waals surface area contributed by atoms with E-state index in [9.17, 15) is 9.18 Å². The van der Waals surface area contributed by atoms with Gasteiger partial charge in [-0.3, -0.25) is 4.79 Å². The van der Waals surface area contributed by atoms with Crippen LogP contribution in [0.3, 0.4) is 0 Å². The summed E-state index contributed by atoms with van der Waals surface area (Å²) in [5, 5.41) is 0.700. The largest absolute Gasteiger partial charge is 0.494 e. The summed E-state index contributed by atoms with van der Waals surface area (Å²) in [6.07, 6.45) is 0. The molecule has 140 valence electrons. The highest BCUT2D eigenvalue weighted by atomic mass is 32.1. The Morgan fingerprint density at radius 2 is 1.85 bits per heavy atom. The fourth-order valence-corrected chi connectivity index (χ4v) is 3.74. The SMILES string of the molecule is COc1cc2c(C(C)C(N)=O)c(C)n(C(=S)c3ccc(C)cc3)c2cc1F. The highest BCUT2D eigenvalue weighted by molar-refractivity contribution is 7.80. The van der Waals surface area contributed by atoms with E-state index in [4.69, 9.17) is 22.7 Å². The topological polar surface area (TPSA) is 57.2 Å². The minimum atomic E-state index is -0.551. The third-order valence-corrected chi connectivity index (χ3v) is 5.31. The lowest BCUT2D eigenvalue weighted by atomic mass is 9.97. The average Bonchev–Trinajstić information content (AvgIpc) is 2.91. The Bertz CT molecular complexity index is 1050. The molecule has 1 unspecified atom stereocenters. The maximum atomic E-state index is 14.4. The van der Waals surface area contributed by atoms with E-state index in [-0.39, 0.29) is 5.75 Å². The smallest absolute Gasteiger partial charge is 0.224 e. The first-order chi connectivity index (χ1) is 12.8. The van der Waals surface area contributed by atoms with E-state index in [1.807, 2.05) is 38.1 Å². The molecule has 0 bridgehead atoms. The van der Waals surface area contributed by atoms with Crippen molar-refractivity contribution < 1.29 is 13.9 Å². The fourth-order valence-electron chi connectivity index (χ4n) is 3.37. The normalized spacial score (nSPS) is 12.2. The van der Waals surface area contributed by atoms with Crippen LogP contribution in [0.1, 0.15) is 35.2 Å². The maximum Gasteiger partial charge on any atom is 0.224 e. The van der Waals surface area contributed by atoms with E-state index >= 15 is 0 Å². The van der Waals surface area contributed by atoms with Gasteiger partial charge in [0.2, 0.25) is 5.91 Å². The molecule has 0 spiro atoms. The van der Waals surface area contributed by atoms with Crippen LogP contribution in [-0.4, -0.2) is 22.6 Å². The van der Waals surface area contributed by atoms with Crippen molar-refractivity contribution in [3.05, 3.63) is 64.6 Å². The van der Waals surface area contributed by atoms with Gasteiger partial charge in [0.25, 0.3) is 0 Å². The number of aryl methyl sites for hydroxylation is 1. The maximum absolute atomic E-state index is 14.4. The minimum Gasteiger partial charge on any atom is -0.494 e. The molecule has 0 saturated carbocycles.